The van der Waals surface area contributed by atoms with Crippen molar-refractivity contribution in [2.24, 2.45) is 5.73 Å². The fourth-order valence-electron chi connectivity index (χ4n) is 2.16. The molecule has 1 aliphatic rings. The van der Waals surface area contributed by atoms with Gasteiger partial charge in [0.2, 0.25) is 0 Å². The summed E-state index contributed by atoms with van der Waals surface area (Å²) in [5.74, 6) is 0.0770. The summed E-state index contributed by atoms with van der Waals surface area (Å²) in [4.78, 5) is 21.5. The van der Waals surface area contributed by atoms with E-state index >= 15 is 0 Å². The SMILES string of the molecule is CCN1CCC(Nc2cncc(C(N)=O)n2)CC1. The Labute approximate surface area is 107 Å². The highest BCUT2D eigenvalue weighted by atomic mass is 16.1. The number of hydrogen-bond acceptors (Lipinski definition) is 5. The zero-order chi connectivity index (χ0) is 13.0. The molecule has 0 aliphatic carbocycles. The van der Waals surface area contributed by atoms with E-state index in [1.54, 1.807) is 6.20 Å². The van der Waals surface area contributed by atoms with E-state index in [-0.39, 0.29) is 5.69 Å². The van der Waals surface area contributed by atoms with Crippen molar-refractivity contribution in [3.8, 4) is 0 Å². The van der Waals surface area contributed by atoms with Gasteiger partial charge >= 0.3 is 0 Å². The van der Waals surface area contributed by atoms with Crippen molar-refractivity contribution in [2.45, 2.75) is 25.8 Å². The standard InChI is InChI=1S/C12H19N5O/c1-2-17-5-3-9(4-6-17)15-11-8-14-7-10(16-11)12(13)18/h7-9H,2-6H2,1H3,(H2,13,18)(H,15,16). The largest absolute Gasteiger partial charge is 0.366 e. The number of hydrogen-bond donors (Lipinski definition) is 2. The Balaban J connectivity index is 1.94. The number of nitrogens with zero attached hydrogens (tertiary/aromatic N) is 3. The van der Waals surface area contributed by atoms with E-state index < -0.39 is 5.91 Å². The summed E-state index contributed by atoms with van der Waals surface area (Å²) in [5, 5.41) is 3.31. The van der Waals surface area contributed by atoms with Crippen LogP contribution in [0.2, 0.25) is 0 Å². The fraction of sp³-hybridized carbons (Fsp3) is 0.583. The topological polar surface area (TPSA) is 84.1 Å². The van der Waals surface area contributed by atoms with Gasteiger partial charge in [0.1, 0.15) is 11.5 Å². The quantitative estimate of drug-likeness (QED) is 0.810. The molecule has 0 saturated carbocycles. The van der Waals surface area contributed by atoms with Gasteiger partial charge in [-0.15, -0.1) is 0 Å². The van der Waals surface area contributed by atoms with Crippen molar-refractivity contribution >= 4 is 11.7 Å². The lowest BCUT2D eigenvalue weighted by molar-refractivity contribution is 0.0995. The van der Waals surface area contributed by atoms with E-state index in [1.807, 2.05) is 0 Å². The van der Waals surface area contributed by atoms with Gasteiger partial charge in [0.15, 0.2) is 0 Å². The average molecular weight is 249 g/mol. The minimum atomic E-state index is -0.549. The molecule has 3 N–H and O–H groups in total. The lowest BCUT2D eigenvalue weighted by Gasteiger charge is -2.31. The maximum absolute atomic E-state index is 11.0. The molecule has 0 unspecified atom stereocenters. The number of primary amides is 1. The molecule has 2 rings (SSSR count). The number of piperidine rings is 1. The summed E-state index contributed by atoms with van der Waals surface area (Å²) in [7, 11) is 0. The highest BCUT2D eigenvalue weighted by molar-refractivity contribution is 5.90. The third-order valence-electron chi connectivity index (χ3n) is 3.27. The Kier molecular flexibility index (Phi) is 4.09. The van der Waals surface area contributed by atoms with E-state index in [4.69, 9.17) is 5.73 Å². The molecule has 0 atom stereocenters. The number of amides is 1. The van der Waals surface area contributed by atoms with Crippen LogP contribution >= 0.6 is 0 Å². The maximum atomic E-state index is 11.0. The number of aromatic nitrogens is 2. The second-order valence-electron chi connectivity index (χ2n) is 4.51. The molecule has 6 heteroatoms. The number of nitrogens with one attached hydrogen (secondary N) is 1. The molecule has 2 heterocycles. The Morgan fingerprint density at radius 1 is 1.50 bits per heavy atom. The van der Waals surface area contributed by atoms with E-state index in [1.165, 1.54) is 6.20 Å². The predicted octanol–water partition coefficient (Wildman–Crippen LogP) is 0.472. The third-order valence-corrected chi connectivity index (χ3v) is 3.27. The van der Waals surface area contributed by atoms with Crippen molar-refractivity contribution in [3.63, 3.8) is 0 Å². The van der Waals surface area contributed by atoms with Gasteiger partial charge in [-0.1, -0.05) is 6.92 Å². The average Bonchev–Trinajstić information content (AvgIpc) is 2.40. The van der Waals surface area contributed by atoms with Gasteiger partial charge in [0.05, 0.1) is 12.4 Å². The molecular weight excluding hydrogens is 230 g/mol. The number of rotatable bonds is 4. The minimum Gasteiger partial charge on any atom is -0.366 e. The van der Waals surface area contributed by atoms with Crippen molar-refractivity contribution in [1.82, 2.24) is 14.9 Å². The van der Waals surface area contributed by atoms with Crippen LogP contribution in [0.5, 0.6) is 0 Å². The van der Waals surface area contributed by atoms with Crippen LogP contribution in [0.25, 0.3) is 0 Å². The van der Waals surface area contributed by atoms with Crippen molar-refractivity contribution in [2.75, 3.05) is 25.0 Å². The summed E-state index contributed by atoms with van der Waals surface area (Å²) < 4.78 is 0. The van der Waals surface area contributed by atoms with Gasteiger partial charge in [-0.2, -0.15) is 0 Å². The molecule has 0 aromatic carbocycles. The number of anilines is 1. The summed E-state index contributed by atoms with van der Waals surface area (Å²) in [6, 6.07) is 0.394. The van der Waals surface area contributed by atoms with E-state index in [0.717, 1.165) is 32.5 Å². The number of nitrogens with two attached hydrogens (primary N) is 1. The lowest BCUT2D eigenvalue weighted by Crippen LogP contribution is -2.39. The van der Waals surface area contributed by atoms with Gasteiger partial charge in [0.25, 0.3) is 5.91 Å². The molecule has 1 saturated heterocycles. The number of carbonyl (C=O) groups excluding carboxylic acids is 1. The first-order valence-electron chi connectivity index (χ1n) is 6.29. The zero-order valence-corrected chi connectivity index (χ0v) is 10.6. The van der Waals surface area contributed by atoms with Crippen LogP contribution in [0, 0.1) is 0 Å². The van der Waals surface area contributed by atoms with Gasteiger partial charge in [-0.3, -0.25) is 9.78 Å². The van der Waals surface area contributed by atoms with Crippen LogP contribution in [0.4, 0.5) is 5.82 Å². The molecule has 18 heavy (non-hydrogen) atoms. The Morgan fingerprint density at radius 2 is 2.22 bits per heavy atom. The van der Waals surface area contributed by atoms with Crippen molar-refractivity contribution in [3.05, 3.63) is 18.1 Å². The predicted molar refractivity (Wildman–Crippen MR) is 69.3 cm³/mol. The smallest absolute Gasteiger partial charge is 0.268 e. The molecule has 1 fully saturated rings. The first kappa shape index (κ1) is 12.8. The molecule has 1 aromatic rings. The van der Waals surface area contributed by atoms with Crippen LogP contribution in [-0.4, -0.2) is 46.5 Å². The van der Waals surface area contributed by atoms with Crippen LogP contribution in [0.1, 0.15) is 30.3 Å². The fourth-order valence-corrected chi connectivity index (χ4v) is 2.16. The molecule has 0 spiro atoms. The van der Waals surface area contributed by atoms with Gasteiger partial charge < -0.3 is 16.0 Å². The highest BCUT2D eigenvalue weighted by Crippen LogP contribution is 2.14. The second-order valence-corrected chi connectivity index (χ2v) is 4.51. The molecule has 0 radical (unpaired) electrons. The molecule has 98 valence electrons. The molecule has 1 aromatic heterocycles. The molecule has 0 bridgehead atoms. The summed E-state index contributed by atoms with van der Waals surface area (Å²) in [6.07, 6.45) is 5.17. The molecular formula is C12H19N5O. The first-order valence-corrected chi connectivity index (χ1v) is 6.29. The molecule has 1 amide bonds. The van der Waals surface area contributed by atoms with Crippen molar-refractivity contribution in [1.29, 1.82) is 0 Å². The van der Waals surface area contributed by atoms with Gasteiger partial charge in [-0.05, 0) is 19.4 Å². The van der Waals surface area contributed by atoms with Crippen molar-refractivity contribution < 1.29 is 4.79 Å². The zero-order valence-electron chi connectivity index (χ0n) is 10.6. The second kappa shape index (κ2) is 5.77. The van der Waals surface area contributed by atoms with E-state index in [2.05, 4.69) is 27.1 Å². The third kappa shape index (κ3) is 3.16. The normalized spacial score (nSPS) is 17.6. The molecule has 6 nitrogen and oxygen atoms in total. The highest BCUT2D eigenvalue weighted by Gasteiger charge is 2.18. The monoisotopic (exact) mass is 249 g/mol. The van der Waals surface area contributed by atoms with Gasteiger partial charge in [0, 0.05) is 19.1 Å². The summed E-state index contributed by atoms with van der Waals surface area (Å²) >= 11 is 0. The summed E-state index contributed by atoms with van der Waals surface area (Å²) in [5.41, 5.74) is 5.38. The van der Waals surface area contributed by atoms with E-state index in [0.29, 0.717) is 11.9 Å². The van der Waals surface area contributed by atoms with Crippen LogP contribution in [-0.2, 0) is 0 Å². The number of carbonyl (C=O) groups is 1. The summed E-state index contributed by atoms with van der Waals surface area (Å²) in [6.45, 7) is 5.47. The minimum absolute atomic E-state index is 0.200. The Hall–Kier alpha value is -1.69. The lowest BCUT2D eigenvalue weighted by atomic mass is 10.1. The van der Waals surface area contributed by atoms with Crippen LogP contribution < -0.4 is 11.1 Å². The Morgan fingerprint density at radius 3 is 2.83 bits per heavy atom. The number of likely N-dealkylation sites (tertiary alicyclic amines) is 1. The van der Waals surface area contributed by atoms with E-state index in [9.17, 15) is 4.79 Å². The first-order chi connectivity index (χ1) is 8.69. The van der Waals surface area contributed by atoms with Gasteiger partial charge in [-0.25, -0.2) is 4.98 Å². The maximum Gasteiger partial charge on any atom is 0.268 e. The van der Waals surface area contributed by atoms with Crippen LogP contribution in [0.15, 0.2) is 12.4 Å². The molecule has 1 aliphatic heterocycles. The Bertz CT molecular complexity index is 415. The van der Waals surface area contributed by atoms with Crippen LogP contribution in [0.3, 0.4) is 0 Å².